The van der Waals surface area contributed by atoms with Crippen molar-refractivity contribution in [1.82, 2.24) is 5.32 Å². The highest BCUT2D eigenvalue weighted by atomic mass is 16.5. The predicted molar refractivity (Wildman–Crippen MR) is 68.8 cm³/mol. The number of hydrogen-bond acceptors (Lipinski definition) is 3. The van der Waals surface area contributed by atoms with Crippen LogP contribution in [0.25, 0.3) is 0 Å². The Kier molecular flexibility index (Phi) is 3.89. The highest BCUT2D eigenvalue weighted by Gasteiger charge is 2.30. The van der Waals surface area contributed by atoms with Crippen molar-refractivity contribution in [2.45, 2.75) is 25.3 Å². The molecule has 0 spiro atoms. The monoisotopic (exact) mass is 235 g/mol. The Bertz CT molecular complexity index is 374. The molecule has 0 radical (unpaired) electrons. The van der Waals surface area contributed by atoms with Crippen LogP contribution < -0.4 is 14.8 Å². The normalized spacial score (nSPS) is 16.6. The molecule has 0 aliphatic heterocycles. The largest absolute Gasteiger partial charge is 0.493 e. The van der Waals surface area contributed by atoms with Gasteiger partial charge in [0.1, 0.15) is 0 Å². The van der Waals surface area contributed by atoms with Crippen molar-refractivity contribution in [1.29, 1.82) is 0 Å². The summed E-state index contributed by atoms with van der Waals surface area (Å²) in [6, 6.07) is 6.76. The second kappa shape index (κ2) is 5.41. The van der Waals surface area contributed by atoms with Gasteiger partial charge in [-0.3, -0.25) is 0 Å². The van der Waals surface area contributed by atoms with E-state index < -0.39 is 0 Å². The van der Waals surface area contributed by atoms with Crippen LogP contribution in [0.1, 0.15) is 18.4 Å². The summed E-state index contributed by atoms with van der Waals surface area (Å²) in [6.07, 6.45) is 3.78. The van der Waals surface area contributed by atoms with Gasteiger partial charge in [0.05, 0.1) is 14.2 Å². The minimum Gasteiger partial charge on any atom is -0.493 e. The molecule has 1 aliphatic rings. The summed E-state index contributed by atoms with van der Waals surface area (Å²) in [7, 11) is 5.39. The first-order valence-electron chi connectivity index (χ1n) is 6.16. The van der Waals surface area contributed by atoms with E-state index in [0.29, 0.717) is 6.04 Å². The van der Waals surface area contributed by atoms with Crippen molar-refractivity contribution >= 4 is 0 Å². The zero-order chi connectivity index (χ0) is 12.3. The third-order valence-electron chi connectivity index (χ3n) is 3.47. The van der Waals surface area contributed by atoms with Gasteiger partial charge in [0, 0.05) is 6.04 Å². The zero-order valence-corrected chi connectivity index (χ0v) is 10.8. The van der Waals surface area contributed by atoms with Crippen LogP contribution >= 0.6 is 0 Å². The lowest BCUT2D eigenvalue weighted by molar-refractivity contribution is 0.354. The van der Waals surface area contributed by atoms with Gasteiger partial charge in [-0.1, -0.05) is 6.07 Å². The molecule has 94 valence electrons. The summed E-state index contributed by atoms with van der Waals surface area (Å²) >= 11 is 0. The third-order valence-corrected chi connectivity index (χ3v) is 3.47. The van der Waals surface area contributed by atoms with Crippen molar-refractivity contribution in [3.05, 3.63) is 23.8 Å². The lowest BCUT2D eigenvalue weighted by atomic mass is 10.0. The number of hydrogen-bond donors (Lipinski definition) is 1. The van der Waals surface area contributed by atoms with E-state index in [1.165, 1.54) is 18.4 Å². The molecule has 3 nitrogen and oxygen atoms in total. The number of likely N-dealkylation sites (N-methyl/N-ethyl adjacent to an activating group) is 1. The van der Waals surface area contributed by atoms with E-state index in [9.17, 15) is 0 Å². The smallest absolute Gasteiger partial charge is 0.160 e. The van der Waals surface area contributed by atoms with Gasteiger partial charge >= 0.3 is 0 Å². The van der Waals surface area contributed by atoms with E-state index >= 15 is 0 Å². The van der Waals surface area contributed by atoms with E-state index in [4.69, 9.17) is 9.47 Å². The molecule has 1 saturated carbocycles. The third kappa shape index (κ3) is 2.91. The highest BCUT2D eigenvalue weighted by molar-refractivity contribution is 5.43. The molecule has 0 aromatic heterocycles. The van der Waals surface area contributed by atoms with Crippen LogP contribution in [-0.4, -0.2) is 27.3 Å². The number of rotatable bonds is 6. The molecule has 1 aromatic rings. The van der Waals surface area contributed by atoms with E-state index in [0.717, 1.165) is 23.8 Å². The minimum absolute atomic E-state index is 0.591. The Morgan fingerprint density at radius 2 is 1.94 bits per heavy atom. The summed E-state index contributed by atoms with van der Waals surface area (Å²) < 4.78 is 10.6. The molecule has 1 aromatic carbocycles. The quantitative estimate of drug-likeness (QED) is 0.820. The van der Waals surface area contributed by atoms with Crippen LogP contribution in [0.15, 0.2) is 18.2 Å². The van der Waals surface area contributed by atoms with Gasteiger partial charge in [-0.15, -0.1) is 0 Å². The molecular formula is C14H21NO2. The molecule has 0 saturated heterocycles. The molecule has 17 heavy (non-hydrogen) atoms. The average molecular weight is 235 g/mol. The van der Waals surface area contributed by atoms with Crippen LogP contribution in [0, 0.1) is 5.92 Å². The number of nitrogens with one attached hydrogen (secondary N) is 1. The second-order valence-corrected chi connectivity index (χ2v) is 4.63. The van der Waals surface area contributed by atoms with Gasteiger partial charge in [-0.25, -0.2) is 0 Å². The maximum atomic E-state index is 5.32. The van der Waals surface area contributed by atoms with Crippen LogP contribution in [0.3, 0.4) is 0 Å². The Morgan fingerprint density at radius 1 is 1.24 bits per heavy atom. The predicted octanol–water partition coefficient (Wildman–Crippen LogP) is 2.24. The first-order chi connectivity index (χ1) is 8.28. The molecule has 3 heteroatoms. The first-order valence-corrected chi connectivity index (χ1v) is 6.16. The second-order valence-electron chi connectivity index (χ2n) is 4.63. The van der Waals surface area contributed by atoms with Gasteiger partial charge in [-0.2, -0.15) is 0 Å². The summed E-state index contributed by atoms with van der Waals surface area (Å²) in [4.78, 5) is 0. The van der Waals surface area contributed by atoms with Gasteiger partial charge in [0.2, 0.25) is 0 Å². The summed E-state index contributed by atoms with van der Waals surface area (Å²) in [5, 5.41) is 3.41. The SMILES string of the molecule is CNC(Cc1ccc(OC)c(OC)c1)C1CC1. The fourth-order valence-corrected chi connectivity index (χ4v) is 2.26. The molecule has 2 rings (SSSR count). The summed E-state index contributed by atoms with van der Waals surface area (Å²) in [5.41, 5.74) is 1.30. The molecule has 1 aliphatic carbocycles. The standard InChI is InChI=1S/C14H21NO2/c1-15-12(11-5-6-11)8-10-4-7-13(16-2)14(9-10)17-3/h4,7,9,11-12,15H,5-6,8H2,1-3H3. The highest BCUT2D eigenvalue weighted by Crippen LogP contribution is 2.35. The molecule has 0 amide bonds. The van der Waals surface area contributed by atoms with Crippen molar-refractivity contribution in [3.63, 3.8) is 0 Å². The number of methoxy groups -OCH3 is 2. The van der Waals surface area contributed by atoms with Gasteiger partial charge in [-0.05, 0) is 49.9 Å². The van der Waals surface area contributed by atoms with Crippen LogP contribution in [-0.2, 0) is 6.42 Å². The van der Waals surface area contributed by atoms with Crippen molar-refractivity contribution < 1.29 is 9.47 Å². The van der Waals surface area contributed by atoms with Crippen LogP contribution in [0.4, 0.5) is 0 Å². The van der Waals surface area contributed by atoms with E-state index in [1.807, 2.05) is 13.1 Å². The first kappa shape index (κ1) is 12.2. The minimum atomic E-state index is 0.591. The Labute approximate surface area is 103 Å². The molecular weight excluding hydrogens is 214 g/mol. The number of benzene rings is 1. The van der Waals surface area contributed by atoms with Crippen molar-refractivity contribution in [2.75, 3.05) is 21.3 Å². The zero-order valence-electron chi connectivity index (χ0n) is 10.8. The van der Waals surface area contributed by atoms with Gasteiger partial charge in [0.25, 0.3) is 0 Å². The lowest BCUT2D eigenvalue weighted by Gasteiger charge is -2.16. The topological polar surface area (TPSA) is 30.5 Å². The van der Waals surface area contributed by atoms with Gasteiger partial charge < -0.3 is 14.8 Å². The summed E-state index contributed by atoms with van der Waals surface area (Å²) in [5.74, 6) is 2.47. The van der Waals surface area contributed by atoms with E-state index in [2.05, 4.69) is 17.4 Å². The molecule has 0 bridgehead atoms. The van der Waals surface area contributed by atoms with Crippen LogP contribution in [0.5, 0.6) is 11.5 Å². The maximum Gasteiger partial charge on any atom is 0.160 e. The fraction of sp³-hybridized carbons (Fsp3) is 0.571. The molecule has 1 N–H and O–H groups in total. The molecule has 1 unspecified atom stereocenters. The summed E-state index contributed by atoms with van der Waals surface area (Å²) in [6.45, 7) is 0. The number of ether oxygens (including phenoxy) is 2. The average Bonchev–Trinajstić information content (AvgIpc) is 3.19. The fourth-order valence-electron chi connectivity index (χ4n) is 2.26. The van der Waals surface area contributed by atoms with E-state index in [1.54, 1.807) is 14.2 Å². The van der Waals surface area contributed by atoms with Gasteiger partial charge in [0.15, 0.2) is 11.5 Å². The van der Waals surface area contributed by atoms with Crippen molar-refractivity contribution in [2.24, 2.45) is 5.92 Å². The Balaban J connectivity index is 2.09. The lowest BCUT2D eigenvalue weighted by Crippen LogP contribution is -2.29. The Morgan fingerprint density at radius 3 is 2.47 bits per heavy atom. The van der Waals surface area contributed by atoms with Crippen LogP contribution in [0.2, 0.25) is 0 Å². The Hall–Kier alpha value is -1.22. The van der Waals surface area contributed by atoms with E-state index in [-0.39, 0.29) is 0 Å². The molecule has 0 heterocycles. The van der Waals surface area contributed by atoms with Crippen molar-refractivity contribution in [3.8, 4) is 11.5 Å². The maximum absolute atomic E-state index is 5.32. The molecule has 1 atom stereocenters. The molecule has 1 fully saturated rings.